The molecule has 0 aliphatic carbocycles. The molecule has 0 fully saturated rings. The van der Waals surface area contributed by atoms with E-state index in [-0.39, 0.29) is 21.6 Å². The maximum atomic E-state index is 13.2. The molecular weight excluding hydrogens is 502 g/mol. The van der Waals surface area contributed by atoms with Crippen LogP contribution >= 0.6 is 11.6 Å². The van der Waals surface area contributed by atoms with Gasteiger partial charge in [-0.15, -0.1) is 0 Å². The molecule has 36 heavy (non-hydrogen) atoms. The van der Waals surface area contributed by atoms with E-state index in [9.17, 15) is 18.0 Å². The average Bonchev–Trinajstić information content (AvgIpc) is 3.07. The SMILES string of the molecule is Cc1ccnc(NS(=O)(=O)c2ccc(NC3=C(Cl)C(=O)N(c4cccc5ccccc45)C3=O)cc2)n1. The van der Waals surface area contributed by atoms with Crippen molar-refractivity contribution in [3.63, 3.8) is 0 Å². The average molecular weight is 520 g/mol. The zero-order valence-electron chi connectivity index (χ0n) is 18.8. The van der Waals surface area contributed by atoms with Gasteiger partial charge in [0.1, 0.15) is 10.7 Å². The molecule has 3 aromatic carbocycles. The molecule has 4 aromatic rings. The Hall–Kier alpha value is -4.28. The zero-order chi connectivity index (χ0) is 25.4. The Morgan fingerprint density at radius 1 is 0.889 bits per heavy atom. The van der Waals surface area contributed by atoms with Gasteiger partial charge in [0.25, 0.3) is 21.8 Å². The molecule has 0 saturated carbocycles. The number of rotatable bonds is 6. The molecule has 1 aliphatic rings. The van der Waals surface area contributed by atoms with Crippen LogP contribution in [0, 0.1) is 6.92 Å². The predicted octanol–water partition coefficient (Wildman–Crippen LogP) is 4.17. The molecule has 2 N–H and O–H groups in total. The first-order chi connectivity index (χ1) is 17.2. The normalized spacial score (nSPS) is 14.0. The highest BCUT2D eigenvalue weighted by Crippen LogP contribution is 2.34. The first-order valence-corrected chi connectivity index (χ1v) is 12.6. The smallest absolute Gasteiger partial charge is 0.283 e. The Morgan fingerprint density at radius 3 is 2.36 bits per heavy atom. The molecule has 0 saturated heterocycles. The molecule has 0 atom stereocenters. The Kier molecular flexibility index (Phi) is 5.91. The van der Waals surface area contributed by atoms with Crippen LogP contribution in [0.5, 0.6) is 0 Å². The van der Waals surface area contributed by atoms with Crippen molar-refractivity contribution in [2.45, 2.75) is 11.8 Å². The second-order valence-electron chi connectivity index (χ2n) is 7.91. The molecule has 2 heterocycles. The Balaban J connectivity index is 1.38. The van der Waals surface area contributed by atoms with Crippen LogP contribution in [0.2, 0.25) is 0 Å². The molecule has 11 heteroatoms. The lowest BCUT2D eigenvalue weighted by Gasteiger charge is -2.17. The van der Waals surface area contributed by atoms with Gasteiger partial charge in [-0.3, -0.25) is 9.59 Å². The number of carbonyl (C=O) groups is 2. The molecule has 2 amide bonds. The quantitative estimate of drug-likeness (QED) is 0.366. The van der Waals surface area contributed by atoms with Crippen LogP contribution in [-0.2, 0) is 19.6 Å². The molecule has 9 nitrogen and oxygen atoms in total. The summed E-state index contributed by atoms with van der Waals surface area (Å²) in [6, 6.07) is 20.0. The molecule has 5 rings (SSSR count). The van der Waals surface area contributed by atoms with Crippen molar-refractivity contribution in [2.75, 3.05) is 14.9 Å². The van der Waals surface area contributed by atoms with Crippen LogP contribution in [0.15, 0.2) is 94.6 Å². The van der Waals surface area contributed by atoms with Crippen molar-refractivity contribution in [1.29, 1.82) is 0 Å². The monoisotopic (exact) mass is 519 g/mol. The highest BCUT2D eigenvalue weighted by molar-refractivity contribution is 7.92. The van der Waals surface area contributed by atoms with Gasteiger partial charge in [-0.2, -0.15) is 0 Å². The van der Waals surface area contributed by atoms with Crippen molar-refractivity contribution < 1.29 is 18.0 Å². The fourth-order valence-corrected chi connectivity index (χ4v) is 4.94. The number of hydrogen-bond donors (Lipinski definition) is 2. The molecule has 0 spiro atoms. The van der Waals surface area contributed by atoms with Gasteiger partial charge >= 0.3 is 0 Å². The van der Waals surface area contributed by atoms with Gasteiger partial charge in [0.05, 0.1) is 10.6 Å². The molecule has 180 valence electrons. The van der Waals surface area contributed by atoms with E-state index >= 15 is 0 Å². The number of sulfonamides is 1. The van der Waals surface area contributed by atoms with E-state index in [2.05, 4.69) is 20.0 Å². The number of anilines is 3. The highest BCUT2D eigenvalue weighted by atomic mass is 35.5. The minimum atomic E-state index is -3.94. The number of halogens is 1. The predicted molar refractivity (Wildman–Crippen MR) is 137 cm³/mol. The largest absolute Gasteiger partial charge is 0.350 e. The van der Waals surface area contributed by atoms with Crippen molar-refractivity contribution in [1.82, 2.24) is 9.97 Å². The summed E-state index contributed by atoms with van der Waals surface area (Å²) < 4.78 is 27.7. The fourth-order valence-electron chi connectivity index (χ4n) is 3.77. The van der Waals surface area contributed by atoms with Crippen molar-refractivity contribution >= 4 is 61.5 Å². The Morgan fingerprint density at radius 2 is 1.61 bits per heavy atom. The number of hydrogen-bond acceptors (Lipinski definition) is 7. The summed E-state index contributed by atoms with van der Waals surface area (Å²) in [6.07, 6.45) is 1.45. The molecule has 1 aliphatic heterocycles. The van der Waals surface area contributed by atoms with Gasteiger partial charge in [0, 0.05) is 23.0 Å². The third kappa shape index (κ3) is 4.28. The van der Waals surface area contributed by atoms with E-state index in [1.54, 1.807) is 25.1 Å². The second-order valence-corrected chi connectivity index (χ2v) is 9.97. The summed E-state index contributed by atoms with van der Waals surface area (Å²) in [7, 11) is -3.94. The zero-order valence-corrected chi connectivity index (χ0v) is 20.3. The highest BCUT2D eigenvalue weighted by Gasteiger charge is 2.39. The molecule has 0 bridgehead atoms. The summed E-state index contributed by atoms with van der Waals surface area (Å²) in [5.41, 5.74) is 1.30. The summed E-state index contributed by atoms with van der Waals surface area (Å²) in [5.74, 6) is -1.31. The van der Waals surface area contributed by atoms with E-state index in [0.29, 0.717) is 17.1 Å². The van der Waals surface area contributed by atoms with Gasteiger partial charge in [-0.1, -0.05) is 48.0 Å². The summed E-state index contributed by atoms with van der Waals surface area (Å²) in [5, 5.41) is 4.19. The third-order valence-electron chi connectivity index (χ3n) is 5.49. The Bertz CT molecular complexity index is 1660. The number of amides is 2. The second kappa shape index (κ2) is 9.06. The maximum absolute atomic E-state index is 13.2. The van der Waals surface area contributed by atoms with E-state index in [0.717, 1.165) is 15.7 Å². The maximum Gasteiger partial charge on any atom is 0.283 e. The molecular formula is C25H18ClN5O4S. The minimum Gasteiger partial charge on any atom is -0.350 e. The van der Waals surface area contributed by atoms with Crippen LogP contribution in [0.4, 0.5) is 17.3 Å². The number of nitrogens with zero attached hydrogens (tertiary/aromatic N) is 3. The van der Waals surface area contributed by atoms with Crippen LogP contribution in [-0.4, -0.2) is 30.2 Å². The topological polar surface area (TPSA) is 121 Å². The number of nitrogens with one attached hydrogen (secondary N) is 2. The lowest BCUT2D eigenvalue weighted by molar-refractivity contribution is -0.120. The standard InChI is InChI=1S/C25H18ClN5O4S/c1-15-13-14-27-25(28-15)30-36(34,35)18-11-9-17(10-12-18)29-22-21(26)23(32)31(24(22)33)20-8-4-6-16-5-2-3-7-19(16)20/h2-14,29H,1H3,(H,27,28,30). The molecule has 0 unspecified atom stereocenters. The van der Waals surface area contributed by atoms with E-state index in [1.165, 1.54) is 30.5 Å². The number of aromatic nitrogens is 2. The van der Waals surface area contributed by atoms with Crippen molar-refractivity contribution in [2.24, 2.45) is 0 Å². The Labute approximate surface area is 211 Å². The number of fused-ring (bicyclic) bond motifs is 1. The number of imide groups is 1. The summed E-state index contributed by atoms with van der Waals surface area (Å²) in [6.45, 7) is 1.72. The molecule has 1 aromatic heterocycles. The van der Waals surface area contributed by atoms with Gasteiger partial charge < -0.3 is 5.32 Å². The van der Waals surface area contributed by atoms with Crippen LogP contribution in [0.25, 0.3) is 10.8 Å². The van der Waals surface area contributed by atoms with E-state index in [1.807, 2.05) is 30.3 Å². The van der Waals surface area contributed by atoms with Gasteiger partial charge in [0.15, 0.2) is 0 Å². The summed E-state index contributed by atoms with van der Waals surface area (Å²) >= 11 is 6.26. The lowest BCUT2D eigenvalue weighted by Crippen LogP contribution is -2.32. The van der Waals surface area contributed by atoms with Crippen LogP contribution in [0.3, 0.4) is 0 Å². The lowest BCUT2D eigenvalue weighted by atomic mass is 10.1. The molecule has 0 radical (unpaired) electrons. The first kappa shape index (κ1) is 23.5. The number of carbonyl (C=O) groups excluding carboxylic acids is 2. The van der Waals surface area contributed by atoms with Gasteiger partial charge in [0.2, 0.25) is 5.95 Å². The van der Waals surface area contributed by atoms with Gasteiger partial charge in [-0.25, -0.2) is 28.0 Å². The van der Waals surface area contributed by atoms with Crippen LogP contribution in [0.1, 0.15) is 5.69 Å². The van der Waals surface area contributed by atoms with Crippen molar-refractivity contribution in [3.05, 3.63) is 95.4 Å². The number of benzene rings is 3. The third-order valence-corrected chi connectivity index (χ3v) is 7.18. The minimum absolute atomic E-state index is 0.0376. The summed E-state index contributed by atoms with van der Waals surface area (Å²) in [4.78, 5) is 35.1. The number of aryl methyl sites for hydroxylation is 1. The van der Waals surface area contributed by atoms with Crippen molar-refractivity contribution in [3.8, 4) is 0 Å². The fraction of sp³-hybridized carbons (Fsp3) is 0.0400. The van der Waals surface area contributed by atoms with E-state index in [4.69, 9.17) is 11.6 Å². The van der Waals surface area contributed by atoms with Gasteiger partial charge in [-0.05, 0) is 48.7 Å². The first-order valence-electron chi connectivity index (χ1n) is 10.7. The van der Waals surface area contributed by atoms with E-state index < -0.39 is 21.8 Å². The van der Waals surface area contributed by atoms with Crippen LogP contribution < -0.4 is 14.9 Å².